The molecule has 6 heteroatoms. The normalized spacial score (nSPS) is 12.1. The van der Waals surface area contributed by atoms with Gasteiger partial charge in [0.2, 0.25) is 5.91 Å². The van der Waals surface area contributed by atoms with Crippen molar-refractivity contribution in [2.45, 2.75) is 32.2 Å². The fourth-order valence-electron chi connectivity index (χ4n) is 1.46. The van der Waals surface area contributed by atoms with Crippen LogP contribution in [0.3, 0.4) is 0 Å². The first-order valence-corrected chi connectivity index (χ1v) is 5.48. The highest BCUT2D eigenvalue weighted by Crippen LogP contribution is 2.10. The number of aromatic nitrogens is 2. The van der Waals surface area contributed by atoms with Crippen molar-refractivity contribution in [3.63, 3.8) is 0 Å². The van der Waals surface area contributed by atoms with Crippen molar-refractivity contribution in [2.75, 3.05) is 0 Å². The summed E-state index contributed by atoms with van der Waals surface area (Å²) in [5.74, 6) is -1.01. The van der Waals surface area contributed by atoms with E-state index in [0.29, 0.717) is 6.42 Å². The van der Waals surface area contributed by atoms with Gasteiger partial charge in [0.25, 0.3) is 0 Å². The van der Waals surface area contributed by atoms with Gasteiger partial charge in [-0.2, -0.15) is 5.10 Å². The van der Waals surface area contributed by atoms with E-state index in [0.717, 1.165) is 5.56 Å². The van der Waals surface area contributed by atoms with E-state index < -0.39 is 5.97 Å². The Hall–Kier alpha value is -1.85. The summed E-state index contributed by atoms with van der Waals surface area (Å²) < 4.78 is 1.67. The summed E-state index contributed by atoms with van der Waals surface area (Å²) in [6.07, 6.45) is 4.15. The van der Waals surface area contributed by atoms with Crippen molar-refractivity contribution in [3.05, 3.63) is 18.0 Å². The molecular weight excluding hydrogens is 222 g/mol. The van der Waals surface area contributed by atoms with Crippen molar-refractivity contribution in [1.29, 1.82) is 0 Å². The molecule has 1 amide bonds. The van der Waals surface area contributed by atoms with E-state index in [1.54, 1.807) is 10.9 Å². The highest BCUT2D eigenvalue weighted by molar-refractivity contribution is 5.77. The number of carbonyl (C=O) groups excluding carboxylic acids is 1. The highest BCUT2D eigenvalue weighted by Gasteiger charge is 2.11. The van der Waals surface area contributed by atoms with Crippen molar-refractivity contribution >= 4 is 11.9 Å². The van der Waals surface area contributed by atoms with Crippen LogP contribution in [0.5, 0.6) is 0 Å². The lowest BCUT2D eigenvalue weighted by atomic mass is 10.1. The number of carboxylic acids is 1. The Bertz CT molecular complexity index is 400. The largest absolute Gasteiger partial charge is 0.481 e. The predicted octanol–water partition coefficient (Wildman–Crippen LogP) is 0.852. The van der Waals surface area contributed by atoms with E-state index in [2.05, 4.69) is 10.4 Å². The average molecular weight is 239 g/mol. The zero-order valence-electron chi connectivity index (χ0n) is 10.0. The number of amides is 1. The smallest absolute Gasteiger partial charge is 0.303 e. The van der Waals surface area contributed by atoms with Crippen LogP contribution in [0, 0.1) is 0 Å². The fourth-order valence-corrected chi connectivity index (χ4v) is 1.46. The Morgan fingerprint density at radius 1 is 1.53 bits per heavy atom. The maximum absolute atomic E-state index is 11.5. The Morgan fingerprint density at radius 3 is 2.76 bits per heavy atom. The summed E-state index contributed by atoms with van der Waals surface area (Å²) in [6.45, 7) is 1.87. The predicted molar refractivity (Wildman–Crippen MR) is 61.3 cm³/mol. The number of nitrogens with one attached hydrogen (secondary N) is 1. The fraction of sp³-hybridized carbons (Fsp3) is 0.545. The van der Waals surface area contributed by atoms with Gasteiger partial charge >= 0.3 is 5.97 Å². The molecule has 0 aliphatic carbocycles. The molecule has 17 heavy (non-hydrogen) atoms. The quantitative estimate of drug-likeness (QED) is 0.770. The SMILES string of the molecule is C[C@H](NC(=O)CCCC(=O)O)c1cnn(C)c1. The molecule has 94 valence electrons. The van der Waals surface area contributed by atoms with E-state index in [-0.39, 0.29) is 24.8 Å². The second-order valence-electron chi connectivity index (χ2n) is 3.98. The Labute approximate surface area is 99.6 Å². The molecular formula is C11H17N3O3. The van der Waals surface area contributed by atoms with Crippen LogP contribution in [0.15, 0.2) is 12.4 Å². The number of rotatable bonds is 6. The van der Waals surface area contributed by atoms with E-state index in [9.17, 15) is 9.59 Å². The molecule has 0 bridgehead atoms. The molecule has 0 aliphatic rings. The van der Waals surface area contributed by atoms with Gasteiger partial charge in [-0.3, -0.25) is 14.3 Å². The van der Waals surface area contributed by atoms with Crippen molar-refractivity contribution in [2.24, 2.45) is 7.05 Å². The number of aliphatic carboxylic acids is 1. The summed E-state index contributed by atoms with van der Waals surface area (Å²) in [5.41, 5.74) is 0.930. The number of nitrogens with zero attached hydrogens (tertiary/aromatic N) is 2. The second-order valence-corrected chi connectivity index (χ2v) is 3.98. The molecule has 1 aromatic rings. The topological polar surface area (TPSA) is 84.2 Å². The third kappa shape index (κ3) is 4.67. The van der Waals surface area contributed by atoms with Crippen LogP contribution in [-0.4, -0.2) is 26.8 Å². The van der Waals surface area contributed by atoms with Crippen LogP contribution >= 0.6 is 0 Å². The van der Waals surface area contributed by atoms with Crippen LogP contribution < -0.4 is 5.32 Å². The molecule has 6 nitrogen and oxygen atoms in total. The van der Waals surface area contributed by atoms with Gasteiger partial charge in [-0.15, -0.1) is 0 Å². The molecule has 0 radical (unpaired) electrons. The number of carbonyl (C=O) groups is 2. The van der Waals surface area contributed by atoms with E-state index >= 15 is 0 Å². The van der Waals surface area contributed by atoms with Crippen LogP contribution in [0.4, 0.5) is 0 Å². The van der Waals surface area contributed by atoms with Gasteiger partial charge in [0.15, 0.2) is 0 Å². The van der Waals surface area contributed by atoms with Crippen LogP contribution in [0.2, 0.25) is 0 Å². The lowest BCUT2D eigenvalue weighted by molar-refractivity contribution is -0.137. The minimum Gasteiger partial charge on any atom is -0.481 e. The summed E-state index contributed by atoms with van der Waals surface area (Å²) in [5, 5.41) is 15.3. The summed E-state index contributed by atoms with van der Waals surface area (Å²) >= 11 is 0. The Kier molecular flexibility index (Phi) is 4.68. The van der Waals surface area contributed by atoms with E-state index in [4.69, 9.17) is 5.11 Å². The molecule has 1 aromatic heterocycles. The first kappa shape index (κ1) is 13.2. The third-order valence-electron chi connectivity index (χ3n) is 2.40. The van der Waals surface area contributed by atoms with Gasteiger partial charge in [0, 0.05) is 31.6 Å². The van der Waals surface area contributed by atoms with Gasteiger partial charge in [-0.1, -0.05) is 0 Å². The molecule has 0 saturated heterocycles. The van der Waals surface area contributed by atoms with Crippen molar-refractivity contribution in [3.8, 4) is 0 Å². The van der Waals surface area contributed by atoms with Crippen LogP contribution in [-0.2, 0) is 16.6 Å². The number of aryl methyl sites for hydroxylation is 1. The third-order valence-corrected chi connectivity index (χ3v) is 2.40. The molecule has 0 unspecified atom stereocenters. The molecule has 1 rings (SSSR count). The molecule has 0 aromatic carbocycles. The summed E-state index contributed by atoms with van der Waals surface area (Å²) in [7, 11) is 1.81. The van der Waals surface area contributed by atoms with Gasteiger partial charge in [0.05, 0.1) is 12.2 Å². The first-order valence-electron chi connectivity index (χ1n) is 5.48. The van der Waals surface area contributed by atoms with Crippen molar-refractivity contribution in [1.82, 2.24) is 15.1 Å². The Balaban J connectivity index is 2.33. The molecule has 0 spiro atoms. The van der Waals surface area contributed by atoms with Gasteiger partial charge in [-0.25, -0.2) is 0 Å². The number of carboxylic acid groups (broad SMARTS) is 1. The maximum Gasteiger partial charge on any atom is 0.303 e. The van der Waals surface area contributed by atoms with Crippen LogP contribution in [0.1, 0.15) is 37.8 Å². The number of hydrogen-bond donors (Lipinski definition) is 2. The monoisotopic (exact) mass is 239 g/mol. The average Bonchev–Trinajstić information content (AvgIpc) is 2.64. The minimum atomic E-state index is -0.877. The summed E-state index contributed by atoms with van der Waals surface area (Å²) in [6, 6.07) is -0.110. The van der Waals surface area contributed by atoms with Crippen molar-refractivity contribution < 1.29 is 14.7 Å². The summed E-state index contributed by atoms with van der Waals surface area (Å²) in [4.78, 5) is 21.8. The molecule has 1 heterocycles. The Morgan fingerprint density at radius 2 is 2.24 bits per heavy atom. The van der Waals surface area contributed by atoms with Gasteiger partial charge in [0.1, 0.15) is 0 Å². The zero-order chi connectivity index (χ0) is 12.8. The maximum atomic E-state index is 11.5. The molecule has 0 saturated carbocycles. The minimum absolute atomic E-state index is 0.0225. The highest BCUT2D eigenvalue weighted by atomic mass is 16.4. The lowest BCUT2D eigenvalue weighted by Gasteiger charge is -2.11. The number of hydrogen-bond acceptors (Lipinski definition) is 3. The molecule has 1 atom stereocenters. The van der Waals surface area contributed by atoms with E-state index in [1.165, 1.54) is 0 Å². The van der Waals surface area contributed by atoms with E-state index in [1.807, 2.05) is 20.2 Å². The first-order chi connectivity index (χ1) is 7.99. The molecule has 2 N–H and O–H groups in total. The second kappa shape index (κ2) is 6.03. The van der Waals surface area contributed by atoms with Gasteiger partial charge < -0.3 is 10.4 Å². The lowest BCUT2D eigenvalue weighted by Crippen LogP contribution is -2.26. The zero-order valence-corrected chi connectivity index (χ0v) is 10.0. The standard InChI is InChI=1S/C11H17N3O3/c1-8(9-6-12-14(2)7-9)13-10(15)4-3-5-11(16)17/h6-8H,3-5H2,1-2H3,(H,13,15)(H,16,17)/t8-/m0/s1. The van der Waals surface area contributed by atoms with Gasteiger partial charge in [-0.05, 0) is 13.3 Å². The van der Waals surface area contributed by atoms with Crippen LogP contribution in [0.25, 0.3) is 0 Å². The molecule has 0 fully saturated rings. The molecule has 0 aliphatic heterocycles.